The molecule has 1 aromatic rings. The van der Waals surface area contributed by atoms with Crippen molar-refractivity contribution in [3.8, 4) is 0 Å². The predicted octanol–water partition coefficient (Wildman–Crippen LogP) is 0.659. The van der Waals surface area contributed by atoms with E-state index in [1.54, 1.807) is 32.6 Å². The highest BCUT2D eigenvalue weighted by Crippen LogP contribution is 2.22. The van der Waals surface area contributed by atoms with E-state index in [0.717, 1.165) is 12.1 Å². The van der Waals surface area contributed by atoms with Gasteiger partial charge in [0.05, 0.1) is 12.2 Å². The molecular formula is C13H19N3O3. The van der Waals surface area contributed by atoms with E-state index >= 15 is 0 Å². The molecular weight excluding hydrogens is 246 g/mol. The zero-order valence-electron chi connectivity index (χ0n) is 11.2. The van der Waals surface area contributed by atoms with Crippen molar-refractivity contribution >= 4 is 11.6 Å². The average molecular weight is 265 g/mol. The fourth-order valence-corrected chi connectivity index (χ4v) is 2.09. The van der Waals surface area contributed by atoms with Crippen molar-refractivity contribution in [2.24, 2.45) is 0 Å². The van der Waals surface area contributed by atoms with Gasteiger partial charge in [-0.3, -0.25) is 9.78 Å². The maximum Gasteiger partial charge on any atom is 0.255 e. The Labute approximate surface area is 112 Å². The summed E-state index contributed by atoms with van der Waals surface area (Å²) in [6, 6.07) is 1.76. The predicted molar refractivity (Wildman–Crippen MR) is 71.3 cm³/mol. The van der Waals surface area contributed by atoms with Crippen LogP contribution in [0.1, 0.15) is 16.8 Å². The molecule has 104 valence electrons. The molecule has 6 heteroatoms. The summed E-state index contributed by atoms with van der Waals surface area (Å²) in [5, 5.41) is 5.85. The van der Waals surface area contributed by atoms with Crippen LogP contribution in [0.2, 0.25) is 0 Å². The lowest BCUT2D eigenvalue weighted by Gasteiger charge is -2.26. The van der Waals surface area contributed by atoms with E-state index in [4.69, 9.17) is 9.47 Å². The van der Waals surface area contributed by atoms with Gasteiger partial charge in [0.1, 0.15) is 5.60 Å². The van der Waals surface area contributed by atoms with Crippen LogP contribution in [0.15, 0.2) is 18.5 Å². The first-order chi connectivity index (χ1) is 9.21. The van der Waals surface area contributed by atoms with Crippen LogP contribution in [-0.2, 0) is 9.47 Å². The van der Waals surface area contributed by atoms with Crippen molar-refractivity contribution in [3.05, 3.63) is 24.0 Å². The second-order valence-electron chi connectivity index (χ2n) is 4.54. The van der Waals surface area contributed by atoms with Crippen LogP contribution in [0.5, 0.6) is 0 Å². The van der Waals surface area contributed by atoms with E-state index in [0.29, 0.717) is 25.3 Å². The molecule has 0 aliphatic carbocycles. The minimum Gasteiger partial charge on any atom is -0.387 e. The van der Waals surface area contributed by atoms with Crippen molar-refractivity contribution in [1.82, 2.24) is 10.3 Å². The second kappa shape index (κ2) is 5.99. The standard InChI is InChI=1S/C13H19N3O3/c1-14-11-3-5-15-7-10(11)12(17)16-8-13(18-2)4-6-19-9-13/h3,5,7H,4,6,8-9H2,1-2H3,(H,14,15)(H,16,17). The third-order valence-corrected chi connectivity index (χ3v) is 3.41. The molecule has 0 spiro atoms. The van der Waals surface area contributed by atoms with Gasteiger partial charge < -0.3 is 20.1 Å². The Morgan fingerprint density at radius 1 is 1.63 bits per heavy atom. The van der Waals surface area contributed by atoms with Crippen molar-refractivity contribution in [2.45, 2.75) is 12.0 Å². The molecule has 1 aromatic heterocycles. The molecule has 1 aliphatic heterocycles. The number of amides is 1. The number of carbonyl (C=O) groups excluding carboxylic acids is 1. The summed E-state index contributed by atoms with van der Waals surface area (Å²) >= 11 is 0. The Balaban J connectivity index is 2.01. The maximum absolute atomic E-state index is 12.2. The summed E-state index contributed by atoms with van der Waals surface area (Å²) in [5.41, 5.74) is 0.870. The van der Waals surface area contributed by atoms with E-state index < -0.39 is 5.60 Å². The Hall–Kier alpha value is -1.66. The van der Waals surface area contributed by atoms with E-state index in [9.17, 15) is 4.79 Å². The first-order valence-electron chi connectivity index (χ1n) is 6.24. The number of hydrogen-bond acceptors (Lipinski definition) is 5. The summed E-state index contributed by atoms with van der Waals surface area (Å²) in [5.74, 6) is -0.166. The van der Waals surface area contributed by atoms with Gasteiger partial charge in [-0.1, -0.05) is 0 Å². The Morgan fingerprint density at radius 3 is 3.11 bits per heavy atom. The van der Waals surface area contributed by atoms with Gasteiger partial charge in [0.2, 0.25) is 0 Å². The molecule has 2 N–H and O–H groups in total. The third kappa shape index (κ3) is 3.02. The van der Waals surface area contributed by atoms with E-state index in [1.807, 2.05) is 0 Å². The van der Waals surface area contributed by atoms with Crippen molar-refractivity contribution in [1.29, 1.82) is 0 Å². The third-order valence-electron chi connectivity index (χ3n) is 3.41. The van der Waals surface area contributed by atoms with Crippen LogP contribution in [0, 0.1) is 0 Å². The lowest BCUT2D eigenvalue weighted by Crippen LogP contribution is -2.45. The van der Waals surface area contributed by atoms with Crippen LogP contribution in [0.25, 0.3) is 0 Å². The van der Waals surface area contributed by atoms with Gasteiger partial charge in [-0.25, -0.2) is 0 Å². The normalized spacial score (nSPS) is 22.2. The lowest BCUT2D eigenvalue weighted by molar-refractivity contribution is -0.0148. The number of aromatic nitrogens is 1. The van der Waals surface area contributed by atoms with Crippen molar-refractivity contribution in [3.63, 3.8) is 0 Å². The highest BCUT2D eigenvalue weighted by molar-refractivity contribution is 5.99. The number of pyridine rings is 1. The first-order valence-corrected chi connectivity index (χ1v) is 6.24. The van der Waals surface area contributed by atoms with Crippen LogP contribution in [0.4, 0.5) is 5.69 Å². The number of ether oxygens (including phenoxy) is 2. The van der Waals surface area contributed by atoms with Crippen molar-refractivity contribution in [2.75, 3.05) is 39.2 Å². The minimum atomic E-state index is -0.405. The number of methoxy groups -OCH3 is 1. The number of nitrogens with one attached hydrogen (secondary N) is 2. The van der Waals surface area contributed by atoms with Crippen LogP contribution >= 0.6 is 0 Å². The summed E-state index contributed by atoms with van der Waals surface area (Å²) in [6.45, 7) is 1.61. The maximum atomic E-state index is 12.2. The molecule has 19 heavy (non-hydrogen) atoms. The van der Waals surface area contributed by atoms with Gasteiger partial charge >= 0.3 is 0 Å². The smallest absolute Gasteiger partial charge is 0.255 e. The fraction of sp³-hybridized carbons (Fsp3) is 0.538. The molecule has 2 heterocycles. The Bertz CT molecular complexity index is 445. The number of anilines is 1. The fourth-order valence-electron chi connectivity index (χ4n) is 2.09. The molecule has 1 atom stereocenters. The number of nitrogens with zero attached hydrogens (tertiary/aromatic N) is 1. The van der Waals surface area contributed by atoms with E-state index in [-0.39, 0.29) is 5.91 Å². The first kappa shape index (κ1) is 13.8. The number of carbonyl (C=O) groups is 1. The van der Waals surface area contributed by atoms with Gasteiger partial charge in [-0.15, -0.1) is 0 Å². The highest BCUT2D eigenvalue weighted by Gasteiger charge is 2.35. The molecule has 1 unspecified atom stereocenters. The summed E-state index contributed by atoms with van der Waals surface area (Å²) in [4.78, 5) is 16.1. The van der Waals surface area contributed by atoms with Crippen molar-refractivity contribution < 1.29 is 14.3 Å². The molecule has 1 aliphatic rings. The number of hydrogen-bond donors (Lipinski definition) is 2. The van der Waals surface area contributed by atoms with Crippen LogP contribution in [-0.4, -0.2) is 50.4 Å². The highest BCUT2D eigenvalue weighted by atomic mass is 16.5. The zero-order chi connectivity index (χ0) is 13.7. The molecule has 0 aromatic carbocycles. The van der Waals surface area contributed by atoms with Crippen LogP contribution < -0.4 is 10.6 Å². The Kier molecular flexibility index (Phi) is 4.34. The van der Waals surface area contributed by atoms with Gasteiger partial charge in [0.25, 0.3) is 5.91 Å². The van der Waals surface area contributed by atoms with Gasteiger partial charge in [-0.2, -0.15) is 0 Å². The van der Waals surface area contributed by atoms with Gasteiger partial charge in [0.15, 0.2) is 0 Å². The van der Waals surface area contributed by atoms with Gasteiger partial charge in [0, 0.05) is 51.8 Å². The average Bonchev–Trinajstić information content (AvgIpc) is 2.94. The lowest BCUT2D eigenvalue weighted by atomic mass is 10.0. The zero-order valence-corrected chi connectivity index (χ0v) is 11.2. The molecule has 0 bridgehead atoms. The quantitative estimate of drug-likeness (QED) is 0.818. The van der Waals surface area contributed by atoms with E-state index in [2.05, 4.69) is 15.6 Å². The summed E-state index contributed by atoms with van der Waals surface area (Å²) in [6.07, 6.45) is 3.98. The molecule has 2 rings (SSSR count). The molecule has 1 fully saturated rings. The largest absolute Gasteiger partial charge is 0.387 e. The SMILES string of the molecule is CNc1ccncc1C(=O)NCC1(OC)CCOC1. The Morgan fingerprint density at radius 2 is 2.47 bits per heavy atom. The molecule has 1 amide bonds. The summed E-state index contributed by atoms with van der Waals surface area (Å²) < 4.78 is 10.8. The molecule has 0 radical (unpaired) electrons. The van der Waals surface area contributed by atoms with Gasteiger partial charge in [-0.05, 0) is 6.07 Å². The monoisotopic (exact) mass is 265 g/mol. The molecule has 1 saturated heterocycles. The minimum absolute atomic E-state index is 0.166. The topological polar surface area (TPSA) is 72.5 Å². The second-order valence-corrected chi connectivity index (χ2v) is 4.54. The van der Waals surface area contributed by atoms with Crippen LogP contribution in [0.3, 0.4) is 0 Å². The van der Waals surface area contributed by atoms with E-state index in [1.165, 1.54) is 0 Å². The molecule has 6 nitrogen and oxygen atoms in total. The number of rotatable bonds is 5. The molecule has 0 saturated carbocycles. The summed E-state index contributed by atoms with van der Waals surface area (Å²) in [7, 11) is 3.41.